The van der Waals surface area contributed by atoms with Gasteiger partial charge in [-0.15, -0.1) is 0 Å². The number of fused-ring (bicyclic) bond motifs is 1. The Labute approximate surface area is 222 Å². The maximum atomic E-state index is 15.1. The van der Waals surface area contributed by atoms with Gasteiger partial charge >= 0.3 is 12.2 Å². The molecule has 2 aliphatic heterocycles. The summed E-state index contributed by atoms with van der Waals surface area (Å²) in [4.78, 5) is 44.7. The van der Waals surface area contributed by atoms with Crippen molar-refractivity contribution in [3.8, 4) is 11.8 Å². The van der Waals surface area contributed by atoms with Gasteiger partial charge in [-0.05, 0) is 31.2 Å². The van der Waals surface area contributed by atoms with E-state index in [0.29, 0.717) is 16.7 Å². The summed E-state index contributed by atoms with van der Waals surface area (Å²) in [5.41, 5.74) is -2.10. The van der Waals surface area contributed by atoms with E-state index in [1.54, 1.807) is 30.3 Å². The van der Waals surface area contributed by atoms with Crippen LogP contribution in [0.2, 0.25) is 0 Å². The van der Waals surface area contributed by atoms with E-state index in [2.05, 4.69) is 16.8 Å². The monoisotopic (exact) mass is 560 g/mol. The Balaban J connectivity index is 1.42. The molecular formula is C26H17F5N4O3S. The molecule has 2 saturated heterocycles. The average Bonchev–Trinajstić information content (AvgIpc) is 3.37. The van der Waals surface area contributed by atoms with Gasteiger partial charge in [-0.1, -0.05) is 41.4 Å². The highest BCUT2D eigenvalue weighted by Gasteiger charge is 2.56. The number of hydrogen-bond donors (Lipinski definition) is 0. The van der Waals surface area contributed by atoms with Crippen molar-refractivity contribution in [2.75, 3.05) is 22.9 Å². The highest BCUT2D eigenvalue weighted by molar-refractivity contribution is 7.15. The largest absolute Gasteiger partial charge is 0.427 e. The third-order valence-corrected chi connectivity index (χ3v) is 7.45. The van der Waals surface area contributed by atoms with Crippen LogP contribution in [0.25, 0.3) is 0 Å². The quantitative estimate of drug-likeness (QED) is 0.333. The lowest BCUT2D eigenvalue weighted by atomic mass is 9.88. The number of aromatic nitrogens is 1. The van der Waals surface area contributed by atoms with Gasteiger partial charge in [0.15, 0.2) is 16.8 Å². The molecule has 5 rings (SSSR count). The molecule has 7 nitrogen and oxygen atoms in total. The molecule has 1 atom stereocenters. The van der Waals surface area contributed by atoms with Crippen LogP contribution < -0.4 is 9.80 Å². The SMILES string of the molecule is CC12CC(=O)N(c3c(F)cc(C#Cc4ccccc4)cc3F)C(=O)N1CCN(c1ncc(C(F)(F)F)s1)C2=O. The molecule has 4 amide bonds. The predicted octanol–water partition coefficient (Wildman–Crippen LogP) is 4.80. The van der Waals surface area contributed by atoms with Crippen molar-refractivity contribution in [1.82, 2.24) is 9.88 Å². The molecule has 1 unspecified atom stereocenters. The Bertz CT molecular complexity index is 1540. The maximum absolute atomic E-state index is 15.1. The Morgan fingerprint density at radius 2 is 1.62 bits per heavy atom. The van der Waals surface area contributed by atoms with Crippen molar-refractivity contribution in [1.29, 1.82) is 0 Å². The van der Waals surface area contributed by atoms with Crippen molar-refractivity contribution in [2.45, 2.75) is 25.1 Å². The molecule has 3 heterocycles. The first-order valence-corrected chi connectivity index (χ1v) is 12.3. The number of benzene rings is 2. The predicted molar refractivity (Wildman–Crippen MR) is 131 cm³/mol. The van der Waals surface area contributed by atoms with Gasteiger partial charge in [0, 0.05) is 24.2 Å². The Morgan fingerprint density at radius 3 is 2.23 bits per heavy atom. The summed E-state index contributed by atoms with van der Waals surface area (Å²) in [6, 6.07) is 9.36. The van der Waals surface area contributed by atoms with Crippen LogP contribution in [-0.4, -0.2) is 46.4 Å². The summed E-state index contributed by atoms with van der Waals surface area (Å²) >= 11 is 0.255. The van der Waals surface area contributed by atoms with E-state index >= 15 is 8.78 Å². The number of rotatable bonds is 2. The molecule has 39 heavy (non-hydrogen) atoms. The van der Waals surface area contributed by atoms with E-state index < -0.39 is 58.2 Å². The maximum Gasteiger partial charge on any atom is 0.427 e. The van der Waals surface area contributed by atoms with Gasteiger partial charge in [0.25, 0.3) is 5.91 Å². The zero-order valence-corrected chi connectivity index (χ0v) is 20.9. The number of thiazole rings is 1. The smallest absolute Gasteiger partial charge is 0.307 e. The lowest BCUT2D eigenvalue weighted by Gasteiger charge is -2.50. The number of piperazine rings is 1. The van der Waals surface area contributed by atoms with Crippen molar-refractivity contribution >= 4 is 40.0 Å². The van der Waals surface area contributed by atoms with E-state index in [1.165, 1.54) is 6.92 Å². The highest BCUT2D eigenvalue weighted by atomic mass is 32.1. The van der Waals surface area contributed by atoms with Crippen molar-refractivity contribution < 1.29 is 36.3 Å². The van der Waals surface area contributed by atoms with Gasteiger partial charge in [-0.3, -0.25) is 14.5 Å². The van der Waals surface area contributed by atoms with Crippen LogP contribution in [0.5, 0.6) is 0 Å². The lowest BCUT2D eigenvalue weighted by molar-refractivity contribution is -0.137. The number of alkyl halides is 3. The highest BCUT2D eigenvalue weighted by Crippen LogP contribution is 2.41. The second-order valence-corrected chi connectivity index (χ2v) is 9.99. The number of anilines is 2. The summed E-state index contributed by atoms with van der Waals surface area (Å²) < 4.78 is 69.3. The third kappa shape index (κ3) is 4.61. The van der Waals surface area contributed by atoms with Crippen LogP contribution in [-0.2, 0) is 15.8 Å². The number of halogens is 5. The van der Waals surface area contributed by atoms with Crippen LogP contribution in [0.1, 0.15) is 29.3 Å². The number of nitrogens with zero attached hydrogens (tertiary/aromatic N) is 4. The molecule has 0 radical (unpaired) electrons. The van der Waals surface area contributed by atoms with Crippen molar-refractivity contribution in [2.24, 2.45) is 0 Å². The van der Waals surface area contributed by atoms with Gasteiger partial charge < -0.3 is 4.90 Å². The minimum atomic E-state index is -4.65. The minimum Gasteiger partial charge on any atom is -0.307 e. The Hall–Kier alpha value is -4.31. The normalized spacial score (nSPS) is 19.6. The standard InChI is InChI=1S/C26H17F5N4O3S/c1-25-13-20(36)35(21-17(27)11-16(12-18(21)28)8-7-15-5-3-2-4-6-15)24(38)34(25)10-9-33(22(25)37)23-32-14-19(39-23)26(29,30)31/h2-6,11-12,14H,9-10,13H2,1H3. The third-order valence-electron chi connectivity index (χ3n) is 6.39. The van der Waals surface area contributed by atoms with Gasteiger partial charge in [0.2, 0.25) is 5.91 Å². The summed E-state index contributed by atoms with van der Waals surface area (Å²) in [6.07, 6.45) is -4.71. The second-order valence-electron chi connectivity index (χ2n) is 8.98. The summed E-state index contributed by atoms with van der Waals surface area (Å²) in [5, 5.41) is -0.236. The van der Waals surface area contributed by atoms with E-state index in [0.717, 1.165) is 21.9 Å². The molecule has 0 N–H and O–H groups in total. The molecule has 13 heteroatoms. The molecule has 1 aromatic heterocycles. The fraction of sp³-hybridized carbons (Fsp3) is 0.231. The molecule has 2 fully saturated rings. The van der Waals surface area contributed by atoms with Crippen molar-refractivity contribution in [3.05, 3.63) is 76.3 Å². The van der Waals surface area contributed by atoms with E-state index in [1.807, 2.05) is 0 Å². The van der Waals surface area contributed by atoms with Crippen LogP contribution in [0.15, 0.2) is 48.7 Å². The van der Waals surface area contributed by atoms with Crippen LogP contribution in [0, 0.1) is 23.5 Å². The van der Waals surface area contributed by atoms with Crippen LogP contribution in [0.3, 0.4) is 0 Å². The Morgan fingerprint density at radius 1 is 0.974 bits per heavy atom. The zero-order chi connectivity index (χ0) is 28.1. The van der Waals surface area contributed by atoms with Crippen LogP contribution >= 0.6 is 11.3 Å². The number of carbonyl (C=O) groups excluding carboxylic acids is 3. The molecule has 0 spiro atoms. The van der Waals surface area contributed by atoms with Crippen LogP contribution in [0.4, 0.5) is 37.6 Å². The second kappa shape index (κ2) is 9.46. The molecular weight excluding hydrogens is 543 g/mol. The number of carbonyl (C=O) groups is 3. The minimum absolute atomic E-state index is 0.0233. The van der Waals surface area contributed by atoms with Gasteiger partial charge in [0.1, 0.15) is 16.1 Å². The molecule has 3 aromatic rings. The van der Waals surface area contributed by atoms with Crippen molar-refractivity contribution in [3.63, 3.8) is 0 Å². The topological polar surface area (TPSA) is 73.8 Å². The fourth-order valence-corrected chi connectivity index (χ4v) is 5.28. The van der Waals surface area contributed by atoms with Gasteiger partial charge in [-0.25, -0.2) is 23.5 Å². The number of urea groups is 1. The summed E-state index contributed by atoms with van der Waals surface area (Å²) in [5.74, 6) is 1.10. The lowest BCUT2D eigenvalue weighted by Crippen LogP contribution is -2.72. The van der Waals surface area contributed by atoms with E-state index in [9.17, 15) is 27.6 Å². The fourth-order valence-electron chi connectivity index (χ4n) is 4.47. The first-order chi connectivity index (χ1) is 18.4. The zero-order valence-electron chi connectivity index (χ0n) is 20.1. The Kier molecular flexibility index (Phi) is 6.38. The number of hydrogen-bond acceptors (Lipinski definition) is 5. The molecule has 0 aliphatic carbocycles. The molecule has 0 saturated carbocycles. The number of imide groups is 1. The summed E-state index contributed by atoms with van der Waals surface area (Å²) in [6.45, 7) is 0.837. The summed E-state index contributed by atoms with van der Waals surface area (Å²) in [7, 11) is 0. The molecule has 0 bridgehead atoms. The first-order valence-electron chi connectivity index (χ1n) is 11.5. The van der Waals surface area contributed by atoms with E-state index in [4.69, 9.17) is 0 Å². The molecule has 2 aromatic carbocycles. The van der Waals surface area contributed by atoms with Gasteiger partial charge in [0.05, 0.1) is 12.6 Å². The van der Waals surface area contributed by atoms with Gasteiger partial charge in [-0.2, -0.15) is 13.2 Å². The molecule has 200 valence electrons. The molecule has 2 aliphatic rings. The number of amides is 4. The average molecular weight is 561 g/mol. The first kappa shape index (κ1) is 26.3. The van der Waals surface area contributed by atoms with E-state index in [-0.39, 0.29) is 35.1 Å².